The van der Waals surface area contributed by atoms with E-state index in [1.165, 1.54) is 0 Å². The lowest BCUT2D eigenvalue weighted by atomic mass is 9.99. The maximum absolute atomic E-state index is 12.2. The monoisotopic (exact) mass is 359 g/mol. The van der Waals surface area contributed by atoms with Crippen molar-refractivity contribution in [1.29, 1.82) is 0 Å². The Bertz CT molecular complexity index is 725. The molecule has 1 fully saturated rings. The van der Waals surface area contributed by atoms with E-state index in [1.807, 2.05) is 24.3 Å². The minimum Gasteiger partial charge on any atom is -0.497 e. The molecular weight excluding hydrogens is 334 g/mol. The van der Waals surface area contributed by atoms with Crippen molar-refractivity contribution in [2.75, 3.05) is 7.11 Å². The molecular formula is C19H25N3O2S. The van der Waals surface area contributed by atoms with Gasteiger partial charge in [-0.3, -0.25) is 4.79 Å². The summed E-state index contributed by atoms with van der Waals surface area (Å²) in [6, 6.07) is 7.86. The maximum Gasteiger partial charge on any atom is 0.192 e. The highest BCUT2D eigenvalue weighted by molar-refractivity contribution is 8.00. The van der Waals surface area contributed by atoms with Crippen LogP contribution < -0.4 is 4.74 Å². The molecule has 1 saturated carbocycles. The van der Waals surface area contributed by atoms with Gasteiger partial charge in [-0.2, -0.15) is 0 Å². The minimum absolute atomic E-state index is 0.0209. The topological polar surface area (TPSA) is 57.0 Å². The first-order valence-electron chi connectivity index (χ1n) is 8.85. The molecule has 0 unspecified atom stereocenters. The van der Waals surface area contributed by atoms with Crippen LogP contribution in [-0.2, 0) is 11.3 Å². The van der Waals surface area contributed by atoms with E-state index < -0.39 is 0 Å². The van der Waals surface area contributed by atoms with Gasteiger partial charge in [0, 0.05) is 18.5 Å². The summed E-state index contributed by atoms with van der Waals surface area (Å²) < 4.78 is 7.38. The summed E-state index contributed by atoms with van der Waals surface area (Å²) in [7, 11) is 1.66. The number of ether oxygens (including phenoxy) is 1. The molecule has 1 atom stereocenters. The van der Waals surface area contributed by atoms with Crippen LogP contribution in [0.15, 0.2) is 29.4 Å². The number of carbonyl (C=O) groups is 1. The molecule has 0 bridgehead atoms. The van der Waals surface area contributed by atoms with Crippen LogP contribution in [0.1, 0.15) is 39.5 Å². The molecule has 0 amide bonds. The van der Waals surface area contributed by atoms with Crippen LogP contribution in [-0.4, -0.2) is 32.9 Å². The second kappa shape index (κ2) is 8.04. The Morgan fingerprint density at radius 3 is 2.64 bits per heavy atom. The van der Waals surface area contributed by atoms with Crippen LogP contribution in [0.4, 0.5) is 0 Å². The lowest BCUT2D eigenvalue weighted by Crippen LogP contribution is -2.22. The van der Waals surface area contributed by atoms with Gasteiger partial charge in [0.15, 0.2) is 11.0 Å². The van der Waals surface area contributed by atoms with Crippen LogP contribution in [0.2, 0.25) is 0 Å². The van der Waals surface area contributed by atoms with Crippen molar-refractivity contribution in [3.63, 3.8) is 0 Å². The fourth-order valence-electron chi connectivity index (χ4n) is 3.06. The smallest absolute Gasteiger partial charge is 0.192 e. The van der Waals surface area contributed by atoms with Gasteiger partial charge in [0.2, 0.25) is 0 Å². The largest absolute Gasteiger partial charge is 0.497 e. The average Bonchev–Trinajstić information content (AvgIpc) is 2.99. The average molecular weight is 359 g/mol. The molecule has 2 aromatic rings. The highest BCUT2D eigenvalue weighted by Gasteiger charge is 2.26. The van der Waals surface area contributed by atoms with Crippen molar-refractivity contribution in [1.82, 2.24) is 14.8 Å². The van der Waals surface area contributed by atoms with Gasteiger partial charge in [0.05, 0.1) is 12.4 Å². The second-order valence-electron chi connectivity index (χ2n) is 6.86. The highest BCUT2D eigenvalue weighted by Crippen LogP contribution is 2.33. The van der Waals surface area contributed by atoms with Gasteiger partial charge in [0.1, 0.15) is 11.5 Å². The fourth-order valence-corrected chi connectivity index (χ4v) is 4.23. The van der Waals surface area contributed by atoms with Gasteiger partial charge >= 0.3 is 0 Å². The third kappa shape index (κ3) is 4.24. The normalized spacial score (nSPS) is 17.9. The Kier molecular flexibility index (Phi) is 5.78. The molecule has 0 spiro atoms. The Morgan fingerprint density at radius 1 is 1.24 bits per heavy atom. The number of Topliss-reactive ketones (excluding diaryl/α,β-unsaturated/α-hetero) is 1. The Hall–Kier alpha value is -1.82. The van der Waals surface area contributed by atoms with E-state index >= 15 is 0 Å². The quantitative estimate of drug-likeness (QED) is 0.773. The first-order valence-corrected chi connectivity index (χ1v) is 9.73. The van der Waals surface area contributed by atoms with Crippen LogP contribution >= 0.6 is 11.8 Å². The van der Waals surface area contributed by atoms with E-state index in [0.29, 0.717) is 18.1 Å². The van der Waals surface area contributed by atoms with Gasteiger partial charge < -0.3 is 9.30 Å². The van der Waals surface area contributed by atoms with Crippen molar-refractivity contribution in [3.05, 3.63) is 24.3 Å². The molecule has 0 radical (unpaired) electrons. The van der Waals surface area contributed by atoms with Gasteiger partial charge in [-0.25, -0.2) is 0 Å². The zero-order valence-electron chi connectivity index (χ0n) is 15.1. The highest BCUT2D eigenvalue weighted by atomic mass is 32.2. The predicted octanol–water partition coefficient (Wildman–Crippen LogP) is 4.21. The summed E-state index contributed by atoms with van der Waals surface area (Å²) in [4.78, 5) is 12.2. The number of carbonyl (C=O) groups excluding carboxylic acids is 1. The minimum atomic E-state index is 0.0209. The molecule has 0 N–H and O–H groups in total. The van der Waals surface area contributed by atoms with E-state index in [1.54, 1.807) is 18.9 Å². The fraction of sp³-hybridized carbons (Fsp3) is 0.526. The molecule has 25 heavy (non-hydrogen) atoms. The lowest BCUT2D eigenvalue weighted by molar-refractivity contribution is -0.119. The van der Waals surface area contributed by atoms with E-state index in [-0.39, 0.29) is 5.25 Å². The van der Waals surface area contributed by atoms with E-state index in [0.717, 1.165) is 48.1 Å². The third-order valence-electron chi connectivity index (χ3n) is 4.36. The maximum atomic E-state index is 12.2. The molecule has 1 aliphatic carbocycles. The van der Waals surface area contributed by atoms with Gasteiger partial charge in [0.25, 0.3) is 0 Å². The summed E-state index contributed by atoms with van der Waals surface area (Å²) in [5, 5.41) is 9.70. The molecule has 5 nitrogen and oxygen atoms in total. The lowest BCUT2D eigenvalue weighted by Gasteiger charge is -2.20. The molecule has 134 valence electrons. The number of thioether (sulfide) groups is 1. The molecule has 1 heterocycles. The summed E-state index contributed by atoms with van der Waals surface area (Å²) >= 11 is 1.58. The SMILES string of the molecule is COc1ccc(-c2nnc(S[C@@H]3CCCCC3=O)n2CC(C)C)cc1. The molecule has 0 aliphatic heterocycles. The summed E-state index contributed by atoms with van der Waals surface area (Å²) in [5.41, 5.74) is 1.01. The molecule has 1 aromatic heterocycles. The van der Waals surface area contributed by atoms with Crippen LogP contribution in [0, 0.1) is 5.92 Å². The van der Waals surface area contributed by atoms with Crippen molar-refractivity contribution in [2.45, 2.75) is 56.5 Å². The Morgan fingerprint density at radius 2 is 2.00 bits per heavy atom. The van der Waals surface area contributed by atoms with Crippen molar-refractivity contribution in [3.8, 4) is 17.1 Å². The van der Waals surface area contributed by atoms with E-state index in [4.69, 9.17) is 4.74 Å². The zero-order chi connectivity index (χ0) is 17.8. The summed E-state index contributed by atoms with van der Waals surface area (Å²) in [6.45, 7) is 5.19. The standard InChI is InChI=1S/C19H25N3O2S/c1-13(2)12-22-18(14-8-10-15(24-3)11-9-14)20-21-19(22)25-17-7-5-4-6-16(17)23/h8-11,13,17H,4-7,12H2,1-3H3/t17-/m1/s1. The van der Waals surface area contributed by atoms with Crippen molar-refractivity contribution < 1.29 is 9.53 Å². The second-order valence-corrected chi connectivity index (χ2v) is 8.03. The third-order valence-corrected chi connectivity index (χ3v) is 5.66. The molecule has 0 saturated heterocycles. The molecule has 1 aliphatic rings. The van der Waals surface area contributed by atoms with E-state index in [9.17, 15) is 4.79 Å². The number of rotatable bonds is 6. The van der Waals surface area contributed by atoms with Crippen LogP contribution in [0.25, 0.3) is 11.4 Å². The number of hydrogen-bond acceptors (Lipinski definition) is 5. The number of ketones is 1. The molecule has 3 rings (SSSR count). The number of benzene rings is 1. The van der Waals surface area contributed by atoms with Gasteiger partial charge in [-0.1, -0.05) is 32.0 Å². The first kappa shape index (κ1) is 18.0. The van der Waals surface area contributed by atoms with Gasteiger partial charge in [-0.15, -0.1) is 10.2 Å². The number of aromatic nitrogens is 3. The number of methoxy groups -OCH3 is 1. The number of nitrogens with zero attached hydrogens (tertiary/aromatic N) is 3. The molecule has 6 heteroatoms. The van der Waals surface area contributed by atoms with Crippen LogP contribution in [0.3, 0.4) is 0 Å². The van der Waals surface area contributed by atoms with Crippen molar-refractivity contribution in [2.24, 2.45) is 5.92 Å². The number of hydrogen-bond donors (Lipinski definition) is 0. The Labute approximate surface area is 153 Å². The summed E-state index contributed by atoms with van der Waals surface area (Å²) in [6.07, 6.45) is 3.77. The predicted molar refractivity (Wildman–Crippen MR) is 100.0 cm³/mol. The first-order chi connectivity index (χ1) is 12.1. The summed E-state index contributed by atoms with van der Waals surface area (Å²) in [5.74, 6) is 2.49. The van der Waals surface area contributed by atoms with Crippen LogP contribution in [0.5, 0.6) is 5.75 Å². The molecule has 1 aromatic carbocycles. The van der Waals surface area contributed by atoms with Crippen molar-refractivity contribution >= 4 is 17.5 Å². The Balaban J connectivity index is 1.90. The van der Waals surface area contributed by atoms with E-state index in [2.05, 4.69) is 28.6 Å². The van der Waals surface area contributed by atoms with Gasteiger partial charge in [-0.05, 0) is 43.0 Å². The zero-order valence-corrected chi connectivity index (χ0v) is 15.9.